The smallest absolute Gasteiger partial charge is 0.128 e. The summed E-state index contributed by atoms with van der Waals surface area (Å²) in [6.07, 6.45) is 5.36. The molecule has 1 heterocycles. The monoisotopic (exact) mass is 264 g/mol. The lowest BCUT2D eigenvalue weighted by Crippen LogP contribution is -2.12. The number of thioether (sulfide) groups is 3. The zero-order valence-corrected chi connectivity index (χ0v) is 11.7. The topological polar surface area (TPSA) is 0 Å². The fraction of sp³-hybridized carbons (Fsp3) is 0.700. The Bertz CT molecular complexity index is 192. The second kappa shape index (κ2) is 7.20. The molecule has 0 nitrogen and oxygen atoms in total. The van der Waals surface area contributed by atoms with E-state index in [9.17, 15) is 0 Å². The lowest BCUT2D eigenvalue weighted by molar-refractivity contribution is 0.706. The van der Waals surface area contributed by atoms with Crippen LogP contribution in [0.3, 0.4) is 0 Å². The van der Waals surface area contributed by atoms with Gasteiger partial charge in [-0.1, -0.05) is 61.9 Å². The molecular formula is C10H16S4. The highest BCUT2D eigenvalue weighted by molar-refractivity contribution is 8.38. The molecule has 80 valence electrons. The number of hydrogen-bond donors (Lipinski definition) is 0. The highest BCUT2D eigenvalue weighted by atomic mass is 32.3. The summed E-state index contributed by atoms with van der Waals surface area (Å²) in [6.45, 7) is 2.25. The van der Waals surface area contributed by atoms with Gasteiger partial charge in [-0.15, -0.1) is 11.8 Å². The normalized spacial score (nSPS) is 18.6. The fourth-order valence-electron chi connectivity index (χ4n) is 1.17. The van der Waals surface area contributed by atoms with Gasteiger partial charge in [0.25, 0.3) is 0 Å². The highest BCUT2D eigenvalue weighted by Gasteiger charge is 2.30. The molecule has 1 aliphatic rings. The molecule has 0 aromatic rings. The summed E-state index contributed by atoms with van der Waals surface area (Å²) >= 11 is 10.8. The zero-order chi connectivity index (χ0) is 10.3. The molecule has 0 radical (unpaired) electrons. The lowest BCUT2D eigenvalue weighted by Gasteiger charge is -2.20. The molecule has 0 unspecified atom stereocenters. The minimum absolute atomic E-state index is 0.113. The Kier molecular flexibility index (Phi) is 6.66. The van der Waals surface area contributed by atoms with Gasteiger partial charge in [0, 0.05) is 5.37 Å². The predicted molar refractivity (Wildman–Crippen MR) is 77.3 cm³/mol. The summed E-state index contributed by atoms with van der Waals surface area (Å²) in [6, 6.07) is 0. The largest absolute Gasteiger partial charge is 0.143 e. The van der Waals surface area contributed by atoms with Crippen LogP contribution < -0.4 is 0 Å². The van der Waals surface area contributed by atoms with Crippen LogP contribution in [-0.2, 0) is 0 Å². The van der Waals surface area contributed by atoms with Crippen molar-refractivity contribution in [3.63, 3.8) is 0 Å². The van der Waals surface area contributed by atoms with E-state index in [1.54, 1.807) is 0 Å². The van der Waals surface area contributed by atoms with E-state index in [-0.39, 0.29) is 3.41 Å². The Morgan fingerprint density at radius 1 is 1.29 bits per heavy atom. The average Bonchev–Trinajstić information content (AvgIpc) is 2.67. The lowest BCUT2D eigenvalue weighted by atomic mass is 10.2. The molecular weight excluding hydrogens is 248 g/mol. The summed E-state index contributed by atoms with van der Waals surface area (Å²) in [5.74, 6) is 1.23. The first-order valence-corrected chi connectivity index (χ1v) is 8.15. The van der Waals surface area contributed by atoms with E-state index < -0.39 is 0 Å². The van der Waals surface area contributed by atoms with Crippen molar-refractivity contribution in [2.45, 2.75) is 36.0 Å². The Balaban J connectivity index is 2.12. The van der Waals surface area contributed by atoms with Gasteiger partial charge in [-0.2, -0.15) is 0 Å². The number of rotatable bonds is 7. The first-order valence-electron chi connectivity index (χ1n) is 4.94. The number of hydrogen-bond acceptors (Lipinski definition) is 4. The maximum Gasteiger partial charge on any atom is 0.143 e. The van der Waals surface area contributed by atoms with Gasteiger partial charge in [0.15, 0.2) is 0 Å². The first kappa shape index (κ1) is 12.9. The Labute approximate surface area is 105 Å². The van der Waals surface area contributed by atoms with Crippen molar-refractivity contribution in [2.24, 2.45) is 0 Å². The summed E-state index contributed by atoms with van der Waals surface area (Å²) < 4.78 is 0.113. The van der Waals surface area contributed by atoms with Gasteiger partial charge in [0.2, 0.25) is 0 Å². The predicted octanol–water partition coefficient (Wildman–Crippen LogP) is 4.90. The van der Waals surface area contributed by atoms with Crippen molar-refractivity contribution >= 4 is 52.9 Å². The van der Waals surface area contributed by atoms with Crippen LogP contribution in [0.5, 0.6) is 0 Å². The molecule has 0 bridgehead atoms. The first-order chi connectivity index (χ1) is 6.83. The van der Waals surface area contributed by atoms with Crippen molar-refractivity contribution in [3.05, 3.63) is 10.8 Å². The zero-order valence-electron chi connectivity index (χ0n) is 8.40. The molecule has 1 rings (SSSR count). The third-order valence-electron chi connectivity index (χ3n) is 1.97. The van der Waals surface area contributed by atoms with Crippen molar-refractivity contribution in [1.82, 2.24) is 0 Å². The van der Waals surface area contributed by atoms with Crippen molar-refractivity contribution in [3.8, 4) is 0 Å². The molecule has 0 aromatic heterocycles. The molecule has 4 heteroatoms. The van der Waals surface area contributed by atoms with Gasteiger partial charge in [-0.05, 0) is 23.0 Å². The van der Waals surface area contributed by atoms with Crippen LogP contribution in [0.2, 0.25) is 0 Å². The van der Waals surface area contributed by atoms with Crippen LogP contribution in [0, 0.1) is 0 Å². The summed E-state index contributed by atoms with van der Waals surface area (Å²) in [7, 11) is 0. The van der Waals surface area contributed by atoms with Gasteiger partial charge in [-0.25, -0.2) is 0 Å². The Hall–Kier alpha value is 0.880. The third kappa shape index (κ3) is 4.17. The SMILES string of the molecule is CCCCCCSC1(C=S)SC=CS1. The molecule has 1 aliphatic heterocycles. The standard InChI is InChI=1S/C10H16S4/c1-2-3-4-5-6-12-10(9-11)13-7-8-14-10/h7-9H,2-6H2,1H3. The molecule has 0 atom stereocenters. The fourth-order valence-corrected chi connectivity index (χ4v) is 5.28. The van der Waals surface area contributed by atoms with Crippen LogP contribution in [0.15, 0.2) is 10.8 Å². The van der Waals surface area contributed by atoms with Gasteiger partial charge < -0.3 is 0 Å². The number of unbranched alkanes of at least 4 members (excludes halogenated alkanes) is 3. The Morgan fingerprint density at radius 3 is 2.57 bits per heavy atom. The quantitative estimate of drug-likeness (QED) is 0.473. The molecule has 14 heavy (non-hydrogen) atoms. The van der Waals surface area contributed by atoms with Gasteiger partial charge in [0.05, 0.1) is 0 Å². The molecule has 0 aliphatic carbocycles. The molecule has 0 fully saturated rings. The minimum Gasteiger partial charge on any atom is -0.128 e. The van der Waals surface area contributed by atoms with Crippen LogP contribution in [0.4, 0.5) is 0 Å². The number of thiocarbonyl (C=S) groups is 1. The van der Waals surface area contributed by atoms with Gasteiger partial charge >= 0.3 is 0 Å². The van der Waals surface area contributed by atoms with Crippen LogP contribution in [-0.4, -0.2) is 14.5 Å². The Morgan fingerprint density at radius 2 is 2.00 bits per heavy atom. The molecule has 0 saturated heterocycles. The van der Waals surface area contributed by atoms with Crippen LogP contribution in [0.1, 0.15) is 32.6 Å². The van der Waals surface area contributed by atoms with E-state index in [1.807, 2.05) is 40.7 Å². The van der Waals surface area contributed by atoms with Crippen molar-refractivity contribution < 1.29 is 0 Å². The van der Waals surface area contributed by atoms with Gasteiger partial charge in [0.1, 0.15) is 3.41 Å². The van der Waals surface area contributed by atoms with Crippen LogP contribution in [0.25, 0.3) is 0 Å². The van der Waals surface area contributed by atoms with Crippen molar-refractivity contribution in [2.75, 3.05) is 5.75 Å². The van der Waals surface area contributed by atoms with E-state index in [4.69, 9.17) is 12.2 Å². The van der Waals surface area contributed by atoms with E-state index in [0.717, 1.165) is 0 Å². The summed E-state index contributed by atoms with van der Waals surface area (Å²) in [5.41, 5.74) is 0. The van der Waals surface area contributed by atoms with E-state index in [1.165, 1.54) is 31.4 Å². The van der Waals surface area contributed by atoms with Crippen LogP contribution >= 0.6 is 47.5 Å². The second-order valence-corrected chi connectivity index (χ2v) is 7.79. The highest BCUT2D eigenvalue weighted by Crippen LogP contribution is 2.51. The maximum atomic E-state index is 5.10. The summed E-state index contributed by atoms with van der Waals surface area (Å²) in [4.78, 5) is 0. The van der Waals surface area contributed by atoms with Crippen molar-refractivity contribution in [1.29, 1.82) is 0 Å². The van der Waals surface area contributed by atoms with E-state index in [0.29, 0.717) is 0 Å². The van der Waals surface area contributed by atoms with Gasteiger partial charge in [-0.3, -0.25) is 0 Å². The maximum absolute atomic E-state index is 5.10. The molecule has 0 N–H and O–H groups in total. The molecule has 0 saturated carbocycles. The minimum atomic E-state index is 0.113. The molecule has 0 aromatic carbocycles. The second-order valence-electron chi connectivity index (χ2n) is 3.14. The molecule has 0 spiro atoms. The third-order valence-corrected chi connectivity index (χ3v) is 7.25. The molecule has 0 amide bonds. The summed E-state index contributed by atoms with van der Waals surface area (Å²) in [5, 5.41) is 6.20. The average molecular weight is 265 g/mol. The van der Waals surface area contributed by atoms with E-state index in [2.05, 4.69) is 17.7 Å². The van der Waals surface area contributed by atoms with E-state index >= 15 is 0 Å².